The molecule has 1 fully saturated rings. The van der Waals surface area contributed by atoms with Crippen molar-refractivity contribution in [3.8, 4) is 0 Å². The normalized spacial score (nSPS) is 41.6. The Morgan fingerprint density at radius 2 is 1.89 bits per heavy atom. The van der Waals surface area contributed by atoms with Gasteiger partial charge in [0.05, 0.1) is 18.4 Å². The van der Waals surface area contributed by atoms with Gasteiger partial charge in [0.2, 0.25) is 0 Å². The summed E-state index contributed by atoms with van der Waals surface area (Å²) in [6.07, 6.45) is 10.1. The van der Waals surface area contributed by atoms with Crippen LogP contribution in [-0.2, 0) is 19.1 Å². The quantitative estimate of drug-likeness (QED) is 0.638. The van der Waals surface area contributed by atoms with Crippen molar-refractivity contribution >= 4 is 17.5 Å². The fourth-order valence-electron chi connectivity index (χ4n) is 7.16. The van der Waals surface area contributed by atoms with Crippen molar-refractivity contribution in [2.24, 2.45) is 22.2 Å². The van der Waals surface area contributed by atoms with Crippen LogP contribution in [0.15, 0.2) is 34.4 Å². The summed E-state index contributed by atoms with van der Waals surface area (Å²) < 4.78 is 5.19. The molecule has 4 nitrogen and oxygen atoms in total. The lowest BCUT2D eigenvalue weighted by atomic mass is 9.50. The average Bonchev–Trinajstić information content (AvgIpc) is 3.11. The molecule has 5 aliphatic carbocycles. The summed E-state index contributed by atoms with van der Waals surface area (Å²) in [5.74, 6) is -0.125. The fourth-order valence-corrected chi connectivity index (χ4v) is 7.16. The van der Waals surface area contributed by atoms with Crippen molar-refractivity contribution in [2.75, 3.05) is 7.11 Å². The maximum atomic E-state index is 13.2. The number of ketones is 2. The van der Waals surface area contributed by atoms with Crippen LogP contribution < -0.4 is 0 Å². The van der Waals surface area contributed by atoms with Crippen LogP contribution in [0.1, 0.15) is 65.2 Å². The minimum atomic E-state index is -0.416. The average molecular weight is 380 g/mol. The molecule has 4 atom stereocenters. The van der Waals surface area contributed by atoms with E-state index in [0.29, 0.717) is 25.0 Å². The van der Waals surface area contributed by atoms with Crippen molar-refractivity contribution < 1.29 is 19.1 Å². The van der Waals surface area contributed by atoms with Crippen molar-refractivity contribution in [1.82, 2.24) is 0 Å². The zero-order valence-electron chi connectivity index (χ0n) is 17.0. The number of methoxy groups -OCH3 is 1. The van der Waals surface area contributed by atoms with Gasteiger partial charge < -0.3 is 4.74 Å². The van der Waals surface area contributed by atoms with E-state index in [9.17, 15) is 14.4 Å². The van der Waals surface area contributed by atoms with Crippen molar-refractivity contribution in [1.29, 1.82) is 0 Å². The summed E-state index contributed by atoms with van der Waals surface area (Å²) in [5.41, 5.74) is 3.98. The summed E-state index contributed by atoms with van der Waals surface area (Å²) in [6, 6.07) is 0. The second-order valence-corrected chi connectivity index (χ2v) is 9.85. The molecular weight excluding hydrogens is 352 g/mol. The third kappa shape index (κ3) is 1.94. The molecule has 1 spiro atoms. The van der Waals surface area contributed by atoms with Gasteiger partial charge in [0, 0.05) is 18.3 Å². The first kappa shape index (κ1) is 18.1. The first-order valence-corrected chi connectivity index (χ1v) is 10.6. The third-order valence-electron chi connectivity index (χ3n) is 8.83. The highest BCUT2D eigenvalue weighted by Crippen LogP contribution is 2.70. The molecule has 0 aliphatic heterocycles. The van der Waals surface area contributed by atoms with Gasteiger partial charge in [-0.05, 0) is 61.2 Å². The number of ether oxygens (including phenoxy) is 1. The van der Waals surface area contributed by atoms with Crippen LogP contribution in [0.2, 0.25) is 0 Å². The number of rotatable bonds is 1. The molecule has 0 amide bonds. The zero-order valence-corrected chi connectivity index (χ0v) is 17.0. The highest BCUT2D eigenvalue weighted by Gasteiger charge is 2.65. The Balaban J connectivity index is 1.74. The van der Waals surface area contributed by atoms with Gasteiger partial charge >= 0.3 is 5.97 Å². The molecule has 0 radical (unpaired) electrons. The van der Waals surface area contributed by atoms with Crippen LogP contribution >= 0.6 is 0 Å². The second-order valence-electron chi connectivity index (χ2n) is 9.85. The molecule has 1 saturated carbocycles. The lowest BCUT2D eigenvalue weighted by Gasteiger charge is -2.52. The van der Waals surface area contributed by atoms with Gasteiger partial charge in [0.25, 0.3) is 0 Å². The van der Waals surface area contributed by atoms with Crippen molar-refractivity contribution in [2.45, 2.75) is 65.2 Å². The zero-order chi connectivity index (χ0) is 19.9. The van der Waals surface area contributed by atoms with Crippen LogP contribution in [0, 0.1) is 22.2 Å². The van der Waals surface area contributed by atoms with Gasteiger partial charge in [-0.25, -0.2) is 0 Å². The highest BCUT2D eigenvalue weighted by molar-refractivity contribution is 5.96. The van der Waals surface area contributed by atoms with Gasteiger partial charge in [-0.1, -0.05) is 31.1 Å². The van der Waals surface area contributed by atoms with Crippen LogP contribution in [-0.4, -0.2) is 24.6 Å². The van der Waals surface area contributed by atoms with Gasteiger partial charge in [0.1, 0.15) is 5.78 Å². The topological polar surface area (TPSA) is 60.4 Å². The Hall–Kier alpha value is -1.97. The molecule has 28 heavy (non-hydrogen) atoms. The maximum absolute atomic E-state index is 13.2. The molecule has 1 unspecified atom stereocenters. The SMILES string of the molecule is COC(=O)[C@H]1CC2=CC(=O)CC[C@@]2(C)C2=C1C1=CC[C@]3(C)CCC(=O)C13CC2. The van der Waals surface area contributed by atoms with E-state index < -0.39 is 11.3 Å². The number of carbonyl (C=O) groups excluding carboxylic acids is 3. The summed E-state index contributed by atoms with van der Waals surface area (Å²) in [6.45, 7) is 4.49. The predicted octanol–water partition coefficient (Wildman–Crippen LogP) is 4.25. The molecule has 148 valence electrons. The Morgan fingerprint density at radius 1 is 1.11 bits per heavy atom. The van der Waals surface area contributed by atoms with E-state index in [4.69, 9.17) is 4.74 Å². The molecule has 0 aromatic rings. The number of Topliss-reactive ketones (excluding diaryl/α,β-unsaturated/α-hetero) is 1. The molecule has 0 bridgehead atoms. The minimum Gasteiger partial charge on any atom is -0.469 e. The van der Waals surface area contributed by atoms with Crippen molar-refractivity contribution in [3.05, 3.63) is 34.4 Å². The van der Waals surface area contributed by atoms with E-state index in [2.05, 4.69) is 19.9 Å². The van der Waals surface area contributed by atoms with E-state index in [1.54, 1.807) is 6.08 Å². The van der Waals surface area contributed by atoms with E-state index in [1.165, 1.54) is 12.7 Å². The van der Waals surface area contributed by atoms with E-state index in [-0.39, 0.29) is 22.6 Å². The van der Waals surface area contributed by atoms with Gasteiger partial charge in [-0.15, -0.1) is 0 Å². The Kier molecular flexibility index (Phi) is 3.58. The summed E-state index contributed by atoms with van der Waals surface area (Å²) in [5, 5.41) is 0. The summed E-state index contributed by atoms with van der Waals surface area (Å²) in [7, 11) is 1.43. The van der Waals surface area contributed by atoms with Crippen LogP contribution in [0.25, 0.3) is 0 Å². The summed E-state index contributed by atoms with van der Waals surface area (Å²) >= 11 is 0. The number of hydrogen-bond acceptors (Lipinski definition) is 4. The lowest BCUT2D eigenvalue weighted by Crippen LogP contribution is -2.46. The van der Waals surface area contributed by atoms with E-state index >= 15 is 0 Å². The van der Waals surface area contributed by atoms with Crippen LogP contribution in [0.5, 0.6) is 0 Å². The molecule has 0 aromatic carbocycles. The molecule has 4 heteroatoms. The summed E-state index contributed by atoms with van der Waals surface area (Å²) in [4.78, 5) is 38.2. The lowest BCUT2D eigenvalue weighted by molar-refractivity contribution is -0.144. The highest BCUT2D eigenvalue weighted by atomic mass is 16.5. The standard InChI is InChI=1S/C24H28O4/c1-22-8-5-18-20-16(21(27)28-3)13-14-12-15(25)4-10-23(14,2)17(20)6-11-24(18,22)19(26)7-9-22/h5,12,16H,4,6-11,13H2,1-3H3/t16-,22+,23+,24?/m0/s1. The largest absolute Gasteiger partial charge is 0.469 e. The Morgan fingerprint density at radius 3 is 2.64 bits per heavy atom. The predicted molar refractivity (Wildman–Crippen MR) is 104 cm³/mol. The third-order valence-corrected chi connectivity index (χ3v) is 8.83. The number of fused-ring (bicyclic) bond motifs is 3. The maximum Gasteiger partial charge on any atom is 0.313 e. The number of carbonyl (C=O) groups is 3. The first-order chi connectivity index (χ1) is 13.3. The minimum absolute atomic E-state index is 0.0157. The van der Waals surface area contributed by atoms with Gasteiger partial charge in [0.15, 0.2) is 5.78 Å². The molecule has 5 aliphatic rings. The molecule has 0 heterocycles. The van der Waals surface area contributed by atoms with Gasteiger partial charge in [-0.2, -0.15) is 0 Å². The van der Waals surface area contributed by atoms with Crippen LogP contribution in [0.4, 0.5) is 0 Å². The molecule has 0 N–H and O–H groups in total. The number of allylic oxidation sites excluding steroid dienone is 5. The van der Waals surface area contributed by atoms with Crippen LogP contribution in [0.3, 0.4) is 0 Å². The number of hydrogen-bond donors (Lipinski definition) is 0. The second kappa shape index (κ2) is 5.55. The monoisotopic (exact) mass is 380 g/mol. The van der Waals surface area contributed by atoms with E-state index in [1.807, 2.05) is 0 Å². The molecule has 0 aromatic heterocycles. The molecule has 0 saturated heterocycles. The fraction of sp³-hybridized carbons (Fsp3) is 0.625. The molecular formula is C24H28O4. The number of esters is 1. The first-order valence-electron chi connectivity index (χ1n) is 10.6. The van der Waals surface area contributed by atoms with Gasteiger partial charge in [-0.3, -0.25) is 14.4 Å². The Labute approximate surface area is 166 Å². The smallest absolute Gasteiger partial charge is 0.313 e. The molecule has 5 rings (SSSR count). The van der Waals surface area contributed by atoms with Crippen molar-refractivity contribution in [3.63, 3.8) is 0 Å². The Bertz CT molecular complexity index is 919. The van der Waals surface area contributed by atoms with E-state index in [0.717, 1.165) is 48.8 Å².